The normalized spacial score (nSPS) is 12.2. The zero-order valence-corrected chi connectivity index (χ0v) is 12.2. The van der Waals surface area contributed by atoms with Gasteiger partial charge in [0.15, 0.2) is 0 Å². The summed E-state index contributed by atoms with van der Waals surface area (Å²) in [6.07, 6.45) is 3.26. The van der Waals surface area contributed by atoms with Crippen LogP contribution in [-0.2, 0) is 16.6 Å². The first-order valence-corrected chi connectivity index (χ1v) is 7.74. The molecule has 0 atom stereocenters. The van der Waals surface area contributed by atoms with Crippen LogP contribution in [0.1, 0.15) is 11.1 Å². The lowest BCUT2D eigenvalue weighted by Crippen LogP contribution is -2.25. The summed E-state index contributed by atoms with van der Waals surface area (Å²) < 4.78 is 26.6. The fraction of sp³-hybridized carbons (Fsp3) is 0.300. The predicted octanol–water partition coefficient (Wildman–Crippen LogP) is 2.25. The van der Waals surface area contributed by atoms with Crippen LogP contribution in [0, 0.1) is 6.92 Å². The molecule has 0 aliphatic carbocycles. The van der Waals surface area contributed by atoms with Gasteiger partial charge in [0.25, 0.3) is 10.0 Å². The second-order valence-corrected chi connectivity index (χ2v) is 7.82. The Kier molecular flexibility index (Phi) is 3.76. The van der Waals surface area contributed by atoms with Crippen molar-refractivity contribution in [2.75, 3.05) is 7.05 Å². The largest absolute Gasteiger partial charge is 0.285 e. The van der Waals surface area contributed by atoms with Crippen molar-refractivity contribution in [3.63, 3.8) is 0 Å². The highest BCUT2D eigenvalue weighted by Crippen LogP contribution is 2.31. The molecule has 0 saturated carbocycles. The third-order valence-electron chi connectivity index (χ3n) is 2.46. The molecule has 0 radical (unpaired) electrons. The van der Waals surface area contributed by atoms with Gasteiger partial charge in [-0.2, -0.15) is 9.40 Å². The number of rotatable bonds is 4. The van der Waals surface area contributed by atoms with Crippen molar-refractivity contribution >= 4 is 33.0 Å². The molecule has 18 heavy (non-hydrogen) atoms. The number of halogens is 1. The highest BCUT2D eigenvalue weighted by atomic mass is 35.5. The van der Waals surface area contributed by atoms with Crippen LogP contribution in [0.4, 0.5) is 0 Å². The average molecular weight is 306 g/mol. The third kappa shape index (κ3) is 2.59. The number of aryl methyl sites for hydroxylation is 1. The number of nitrogens with one attached hydrogen (secondary N) is 1. The van der Waals surface area contributed by atoms with Gasteiger partial charge < -0.3 is 0 Å². The monoisotopic (exact) mass is 305 g/mol. The fourth-order valence-electron chi connectivity index (χ4n) is 1.42. The van der Waals surface area contributed by atoms with Crippen LogP contribution in [0.5, 0.6) is 0 Å². The molecule has 2 rings (SSSR count). The lowest BCUT2D eigenvalue weighted by molar-refractivity contribution is 0.468. The Morgan fingerprint density at radius 3 is 2.78 bits per heavy atom. The van der Waals surface area contributed by atoms with Gasteiger partial charge in [0.1, 0.15) is 4.21 Å². The van der Waals surface area contributed by atoms with E-state index in [0.717, 1.165) is 22.5 Å². The summed E-state index contributed by atoms with van der Waals surface area (Å²) in [5, 5.41) is 6.43. The Hall–Kier alpha value is -0.890. The summed E-state index contributed by atoms with van der Waals surface area (Å²) in [4.78, 5) is 0. The number of aromatic nitrogens is 2. The van der Waals surface area contributed by atoms with Gasteiger partial charge in [-0.05, 0) is 18.6 Å². The van der Waals surface area contributed by atoms with E-state index >= 15 is 0 Å². The van der Waals surface area contributed by atoms with Crippen LogP contribution in [0.15, 0.2) is 22.7 Å². The first-order chi connectivity index (χ1) is 8.41. The maximum Gasteiger partial charge on any atom is 0.252 e. The van der Waals surface area contributed by atoms with Crippen molar-refractivity contribution in [2.45, 2.75) is 17.7 Å². The number of sulfonamides is 1. The third-order valence-corrected chi connectivity index (χ3v) is 6.27. The minimum Gasteiger partial charge on any atom is -0.285 e. The van der Waals surface area contributed by atoms with E-state index in [4.69, 9.17) is 11.6 Å². The predicted molar refractivity (Wildman–Crippen MR) is 71.3 cm³/mol. The van der Waals surface area contributed by atoms with E-state index in [2.05, 4.69) is 10.2 Å². The molecule has 0 aliphatic rings. The van der Waals surface area contributed by atoms with E-state index in [1.54, 1.807) is 25.4 Å². The Bertz CT molecular complexity index is 615. The number of thiophene rings is 1. The van der Waals surface area contributed by atoms with Crippen molar-refractivity contribution in [3.05, 3.63) is 33.9 Å². The van der Waals surface area contributed by atoms with Gasteiger partial charge in [0.05, 0.1) is 10.5 Å². The van der Waals surface area contributed by atoms with E-state index < -0.39 is 10.0 Å². The van der Waals surface area contributed by atoms with Crippen molar-refractivity contribution in [1.29, 1.82) is 0 Å². The SMILES string of the molecule is Cc1cc(S(=O)(=O)N(C)Cc2cn[nH]c2)sc1Cl. The maximum absolute atomic E-state index is 12.3. The molecule has 2 aromatic heterocycles. The van der Waals surface area contributed by atoms with Gasteiger partial charge in [-0.1, -0.05) is 11.6 Å². The van der Waals surface area contributed by atoms with Crippen molar-refractivity contribution in [3.8, 4) is 0 Å². The zero-order chi connectivity index (χ0) is 13.3. The topological polar surface area (TPSA) is 66.1 Å². The van der Waals surface area contributed by atoms with E-state index in [1.807, 2.05) is 0 Å². The van der Waals surface area contributed by atoms with Crippen LogP contribution < -0.4 is 0 Å². The van der Waals surface area contributed by atoms with Gasteiger partial charge in [-0.3, -0.25) is 5.10 Å². The molecule has 8 heteroatoms. The van der Waals surface area contributed by atoms with Crippen molar-refractivity contribution < 1.29 is 8.42 Å². The Morgan fingerprint density at radius 1 is 1.56 bits per heavy atom. The lowest BCUT2D eigenvalue weighted by Gasteiger charge is -2.14. The summed E-state index contributed by atoms with van der Waals surface area (Å²) in [5.41, 5.74) is 1.58. The van der Waals surface area contributed by atoms with Crippen LogP contribution in [0.3, 0.4) is 0 Å². The Morgan fingerprint density at radius 2 is 2.28 bits per heavy atom. The van der Waals surface area contributed by atoms with Gasteiger partial charge in [-0.25, -0.2) is 8.42 Å². The molecule has 0 fully saturated rings. The van der Waals surface area contributed by atoms with Crippen molar-refractivity contribution in [1.82, 2.24) is 14.5 Å². The zero-order valence-electron chi connectivity index (χ0n) is 9.84. The maximum atomic E-state index is 12.3. The standard InChI is InChI=1S/C10H12ClN3O2S2/c1-7-3-9(17-10(7)11)18(15,16)14(2)6-8-4-12-13-5-8/h3-5H,6H2,1-2H3,(H,12,13). The van der Waals surface area contributed by atoms with Crippen LogP contribution in [0.25, 0.3) is 0 Å². The van der Waals surface area contributed by atoms with Crippen LogP contribution >= 0.6 is 22.9 Å². The van der Waals surface area contributed by atoms with E-state index in [0.29, 0.717) is 4.34 Å². The summed E-state index contributed by atoms with van der Waals surface area (Å²) in [6, 6.07) is 1.59. The van der Waals surface area contributed by atoms with Gasteiger partial charge in [0.2, 0.25) is 0 Å². The van der Waals surface area contributed by atoms with Gasteiger partial charge in [-0.15, -0.1) is 11.3 Å². The minimum absolute atomic E-state index is 0.260. The molecule has 0 bridgehead atoms. The molecule has 2 aromatic rings. The molecule has 0 saturated heterocycles. The molecule has 0 aliphatic heterocycles. The molecule has 98 valence electrons. The van der Waals surface area contributed by atoms with Crippen molar-refractivity contribution in [2.24, 2.45) is 0 Å². The molecule has 0 amide bonds. The summed E-state index contributed by atoms with van der Waals surface area (Å²) >= 11 is 6.98. The summed E-state index contributed by atoms with van der Waals surface area (Å²) in [5.74, 6) is 0. The lowest BCUT2D eigenvalue weighted by atomic mass is 10.4. The summed E-state index contributed by atoms with van der Waals surface area (Å²) in [7, 11) is -1.96. The highest BCUT2D eigenvalue weighted by Gasteiger charge is 2.24. The number of nitrogens with zero attached hydrogens (tertiary/aromatic N) is 2. The van der Waals surface area contributed by atoms with Crippen LogP contribution in [0.2, 0.25) is 4.34 Å². The number of aromatic amines is 1. The number of hydrogen-bond donors (Lipinski definition) is 1. The van der Waals surface area contributed by atoms with Gasteiger partial charge in [0, 0.05) is 25.4 Å². The highest BCUT2D eigenvalue weighted by molar-refractivity contribution is 7.91. The smallest absolute Gasteiger partial charge is 0.252 e. The molecular formula is C10H12ClN3O2S2. The molecule has 0 unspecified atom stereocenters. The van der Waals surface area contributed by atoms with E-state index in [-0.39, 0.29) is 10.8 Å². The number of hydrogen-bond acceptors (Lipinski definition) is 4. The van der Waals surface area contributed by atoms with E-state index in [9.17, 15) is 8.42 Å². The molecule has 5 nitrogen and oxygen atoms in total. The molecule has 0 aromatic carbocycles. The Balaban J connectivity index is 2.25. The first kappa shape index (κ1) is 13.5. The molecular weight excluding hydrogens is 294 g/mol. The molecule has 1 N–H and O–H groups in total. The molecule has 0 spiro atoms. The minimum atomic E-state index is -3.49. The number of H-pyrrole nitrogens is 1. The second-order valence-electron chi connectivity index (χ2n) is 3.89. The molecule has 2 heterocycles. The van der Waals surface area contributed by atoms with E-state index in [1.165, 1.54) is 11.4 Å². The summed E-state index contributed by atoms with van der Waals surface area (Å²) in [6.45, 7) is 2.06. The first-order valence-electron chi connectivity index (χ1n) is 5.11. The van der Waals surface area contributed by atoms with Crippen LogP contribution in [-0.4, -0.2) is 30.0 Å². The average Bonchev–Trinajstić information content (AvgIpc) is 2.90. The van der Waals surface area contributed by atoms with Gasteiger partial charge >= 0.3 is 0 Å². The second kappa shape index (κ2) is 5.00. The Labute approximate surface area is 114 Å². The fourth-order valence-corrected chi connectivity index (χ4v) is 4.50. The quantitative estimate of drug-likeness (QED) is 0.942.